The Kier molecular flexibility index (Phi) is 3.38. The Balaban J connectivity index is 1.99. The van der Waals surface area contributed by atoms with E-state index >= 15 is 0 Å². The number of hydroxylamine groups is 1. The number of hydrogen-bond acceptors (Lipinski definition) is 2. The van der Waals surface area contributed by atoms with Gasteiger partial charge in [0.2, 0.25) is 0 Å². The molecule has 2 aromatic carbocycles. The van der Waals surface area contributed by atoms with Crippen LogP contribution in [0.1, 0.15) is 21.8 Å². The number of rotatable bonds is 2. The van der Waals surface area contributed by atoms with Gasteiger partial charge in [-0.3, -0.25) is 4.79 Å². The average Bonchev–Trinajstić information content (AvgIpc) is 2.76. The maximum absolute atomic E-state index is 12.5. The Bertz CT molecular complexity index is 627. The van der Waals surface area contributed by atoms with Crippen LogP contribution in [0.4, 0.5) is 5.69 Å². The normalized spacial score (nSPS) is 21.2. The largest absolute Gasteiger partial charge is 0.629 e. The van der Waals surface area contributed by atoms with E-state index in [1.54, 1.807) is 12.1 Å². The van der Waals surface area contributed by atoms with Gasteiger partial charge in [-0.25, -0.2) is 0 Å². The van der Waals surface area contributed by atoms with Gasteiger partial charge in [-0.15, -0.1) is 0 Å². The number of nitrogens with one attached hydrogen (secondary N) is 1. The number of ketones is 1. The van der Waals surface area contributed by atoms with Gasteiger partial charge in [0.05, 0.1) is 6.54 Å². The van der Waals surface area contributed by atoms with Gasteiger partial charge in [0.1, 0.15) is 11.6 Å². The summed E-state index contributed by atoms with van der Waals surface area (Å²) in [4.78, 5) is 12.5. The second-order valence-corrected chi connectivity index (χ2v) is 5.89. The molecule has 1 N–H and O–H groups in total. The van der Waals surface area contributed by atoms with Crippen LogP contribution < -0.4 is 5.06 Å². The van der Waals surface area contributed by atoms with Crippen molar-refractivity contribution in [2.75, 3.05) is 6.54 Å². The van der Waals surface area contributed by atoms with Crippen molar-refractivity contribution >= 4 is 34.1 Å². The first-order valence-electron chi connectivity index (χ1n) is 6.09. The topological polar surface area (TPSA) is 44.6 Å². The molecule has 0 fully saturated rings. The Morgan fingerprint density at radius 1 is 1.21 bits per heavy atom. The molecular weight excluding hydrogens is 353 g/mol. The maximum Gasteiger partial charge on any atom is 0.176 e. The molecule has 96 valence electrons. The molecule has 0 amide bonds. The number of carbonyl (C=O) groups excluding carboxylic acids is 1. The minimum absolute atomic E-state index is 0.0360. The Morgan fingerprint density at radius 2 is 1.95 bits per heavy atom. The van der Waals surface area contributed by atoms with Crippen molar-refractivity contribution in [3.05, 3.63) is 68.4 Å². The maximum atomic E-state index is 12.5. The van der Waals surface area contributed by atoms with Gasteiger partial charge in [-0.2, -0.15) is 0 Å². The molecule has 0 aromatic heterocycles. The minimum atomic E-state index is -0.318. The number of quaternary nitrogens is 1. The van der Waals surface area contributed by atoms with Crippen LogP contribution in [0, 0.1) is 8.78 Å². The monoisotopic (exact) mass is 365 g/mol. The van der Waals surface area contributed by atoms with E-state index in [9.17, 15) is 10.0 Å². The van der Waals surface area contributed by atoms with E-state index in [1.165, 1.54) is 0 Å². The SMILES string of the molecule is O=C(c1ccccc1)C1C[NH+]([O-])c2cc(I)ccc21. The standard InChI is InChI=1S/C15H12INO2/c16-11-6-7-12-13(9-17(19)14(12)8-11)15(18)10-4-2-1-3-5-10/h1-8,13,17H,9H2. The van der Waals surface area contributed by atoms with E-state index in [4.69, 9.17) is 0 Å². The highest BCUT2D eigenvalue weighted by atomic mass is 127. The lowest BCUT2D eigenvalue weighted by atomic mass is 9.92. The van der Waals surface area contributed by atoms with Gasteiger partial charge in [-0.05, 0) is 28.7 Å². The summed E-state index contributed by atoms with van der Waals surface area (Å²) in [6.45, 7) is 0.295. The summed E-state index contributed by atoms with van der Waals surface area (Å²) in [5, 5.41) is 12.1. The molecule has 2 atom stereocenters. The fourth-order valence-electron chi connectivity index (χ4n) is 2.52. The highest BCUT2D eigenvalue weighted by Gasteiger charge is 2.35. The molecule has 19 heavy (non-hydrogen) atoms. The third-order valence-electron chi connectivity index (χ3n) is 3.46. The van der Waals surface area contributed by atoms with Gasteiger partial charge in [-0.1, -0.05) is 36.4 Å². The summed E-state index contributed by atoms with van der Waals surface area (Å²) in [6, 6.07) is 14.9. The molecule has 0 spiro atoms. The molecule has 0 saturated heterocycles. The lowest BCUT2D eigenvalue weighted by molar-refractivity contribution is -0.769. The minimum Gasteiger partial charge on any atom is -0.629 e. The lowest BCUT2D eigenvalue weighted by Gasteiger charge is -2.15. The zero-order valence-corrected chi connectivity index (χ0v) is 12.3. The molecule has 0 bridgehead atoms. The van der Waals surface area contributed by atoms with Crippen LogP contribution in [0.15, 0.2) is 48.5 Å². The van der Waals surface area contributed by atoms with Crippen LogP contribution in [0.5, 0.6) is 0 Å². The molecule has 2 unspecified atom stereocenters. The van der Waals surface area contributed by atoms with Crippen LogP contribution >= 0.6 is 22.6 Å². The molecule has 3 nitrogen and oxygen atoms in total. The molecule has 1 heterocycles. The number of hydrogen-bond donors (Lipinski definition) is 1. The lowest BCUT2D eigenvalue weighted by Crippen LogP contribution is -3.00. The zero-order chi connectivity index (χ0) is 13.4. The van der Waals surface area contributed by atoms with E-state index in [-0.39, 0.29) is 16.8 Å². The van der Waals surface area contributed by atoms with Crippen molar-refractivity contribution in [2.24, 2.45) is 0 Å². The summed E-state index contributed by atoms with van der Waals surface area (Å²) >= 11 is 2.18. The second-order valence-electron chi connectivity index (χ2n) is 4.64. The molecule has 0 saturated carbocycles. The average molecular weight is 365 g/mol. The summed E-state index contributed by atoms with van der Waals surface area (Å²) in [5.74, 6) is -0.282. The van der Waals surface area contributed by atoms with Gasteiger partial charge in [0.25, 0.3) is 0 Å². The Morgan fingerprint density at radius 3 is 2.68 bits per heavy atom. The first-order chi connectivity index (χ1) is 9.16. The molecule has 0 radical (unpaired) electrons. The van der Waals surface area contributed by atoms with Crippen LogP contribution in [-0.4, -0.2) is 12.3 Å². The van der Waals surface area contributed by atoms with Crippen molar-refractivity contribution in [3.63, 3.8) is 0 Å². The van der Waals surface area contributed by atoms with Crippen LogP contribution in [0.2, 0.25) is 0 Å². The first-order valence-corrected chi connectivity index (χ1v) is 7.16. The van der Waals surface area contributed by atoms with Crippen LogP contribution in [-0.2, 0) is 0 Å². The highest BCUT2D eigenvalue weighted by molar-refractivity contribution is 14.1. The predicted molar refractivity (Wildman–Crippen MR) is 81.5 cm³/mol. The first kappa shape index (κ1) is 12.8. The Labute approximate surface area is 125 Å². The van der Waals surface area contributed by atoms with E-state index in [1.807, 2.05) is 36.4 Å². The number of fused-ring (bicyclic) bond motifs is 1. The summed E-state index contributed by atoms with van der Waals surface area (Å²) in [5.41, 5.74) is 2.26. The van der Waals surface area contributed by atoms with Gasteiger partial charge >= 0.3 is 0 Å². The highest BCUT2D eigenvalue weighted by Crippen LogP contribution is 2.30. The van der Waals surface area contributed by atoms with Gasteiger partial charge in [0.15, 0.2) is 5.78 Å². The molecule has 2 aromatic rings. The number of Topliss-reactive ketones (excluding diaryl/α,β-unsaturated/α-hetero) is 1. The van der Waals surface area contributed by atoms with Crippen molar-refractivity contribution < 1.29 is 9.86 Å². The van der Waals surface area contributed by atoms with Crippen molar-refractivity contribution in [2.45, 2.75) is 5.92 Å². The summed E-state index contributed by atoms with van der Waals surface area (Å²) in [7, 11) is 0. The van der Waals surface area contributed by atoms with Crippen molar-refractivity contribution in [3.8, 4) is 0 Å². The van der Waals surface area contributed by atoms with E-state index in [0.29, 0.717) is 17.8 Å². The van der Waals surface area contributed by atoms with Crippen molar-refractivity contribution in [1.82, 2.24) is 0 Å². The zero-order valence-electron chi connectivity index (χ0n) is 10.1. The van der Waals surface area contributed by atoms with Crippen LogP contribution in [0.3, 0.4) is 0 Å². The number of halogens is 1. The van der Waals surface area contributed by atoms with E-state index in [2.05, 4.69) is 22.6 Å². The molecule has 3 rings (SSSR count). The molecule has 1 aliphatic heterocycles. The second kappa shape index (κ2) is 5.03. The molecule has 4 heteroatoms. The third-order valence-corrected chi connectivity index (χ3v) is 4.13. The Hall–Kier alpha value is -1.24. The predicted octanol–water partition coefficient (Wildman–Crippen LogP) is 2.29. The summed E-state index contributed by atoms with van der Waals surface area (Å²) < 4.78 is 1.03. The van der Waals surface area contributed by atoms with Crippen molar-refractivity contribution in [1.29, 1.82) is 0 Å². The summed E-state index contributed by atoms with van der Waals surface area (Å²) in [6.07, 6.45) is 0. The van der Waals surface area contributed by atoms with E-state index < -0.39 is 0 Å². The molecule has 0 aliphatic carbocycles. The van der Waals surface area contributed by atoms with Gasteiger partial charge in [0, 0.05) is 20.8 Å². The number of benzene rings is 2. The fraction of sp³-hybridized carbons (Fsp3) is 0.133. The molecular formula is C15H12INO2. The quantitative estimate of drug-likeness (QED) is 0.504. The third kappa shape index (κ3) is 2.31. The van der Waals surface area contributed by atoms with Gasteiger partial charge < -0.3 is 10.3 Å². The molecule has 1 aliphatic rings. The van der Waals surface area contributed by atoms with Crippen LogP contribution in [0.25, 0.3) is 0 Å². The van der Waals surface area contributed by atoms with E-state index in [0.717, 1.165) is 9.13 Å². The fourth-order valence-corrected chi connectivity index (χ4v) is 3.01. The smallest absolute Gasteiger partial charge is 0.176 e. The number of carbonyl (C=O) groups is 1.